The Labute approximate surface area is 124 Å². The highest BCUT2D eigenvalue weighted by Gasteiger charge is 2.20. The highest BCUT2D eigenvalue weighted by Crippen LogP contribution is 2.28. The minimum atomic E-state index is -0.251. The molecule has 112 valence electrons. The van der Waals surface area contributed by atoms with Gasteiger partial charge in [0, 0.05) is 25.8 Å². The monoisotopic (exact) mass is 288 g/mol. The molecule has 5 nitrogen and oxygen atoms in total. The van der Waals surface area contributed by atoms with Crippen LogP contribution in [0.1, 0.15) is 35.3 Å². The van der Waals surface area contributed by atoms with Crippen molar-refractivity contribution in [3.63, 3.8) is 0 Å². The second kappa shape index (κ2) is 8.40. The fourth-order valence-corrected chi connectivity index (χ4v) is 1.76. The Bertz CT molecular complexity index is 530. The van der Waals surface area contributed by atoms with Crippen molar-refractivity contribution in [2.75, 3.05) is 26.4 Å². The zero-order chi connectivity index (χ0) is 14.9. The normalized spacial score (nSPS) is 13.4. The smallest absolute Gasteiger partial charge is 0.271 e. The van der Waals surface area contributed by atoms with E-state index in [-0.39, 0.29) is 12.5 Å². The number of carbonyl (C=O) groups excluding carboxylic acids is 1. The minimum absolute atomic E-state index is 0.00707. The summed E-state index contributed by atoms with van der Waals surface area (Å²) in [6, 6.07) is 3.48. The molecule has 1 aliphatic carbocycles. The third-order valence-electron chi connectivity index (χ3n) is 3.07. The van der Waals surface area contributed by atoms with Crippen LogP contribution >= 0.6 is 0 Å². The lowest BCUT2D eigenvalue weighted by Crippen LogP contribution is -2.28. The summed E-state index contributed by atoms with van der Waals surface area (Å²) in [5, 5.41) is 11.5. The van der Waals surface area contributed by atoms with Crippen LogP contribution in [0.4, 0.5) is 0 Å². The predicted molar refractivity (Wildman–Crippen MR) is 78.7 cm³/mol. The van der Waals surface area contributed by atoms with Gasteiger partial charge in [-0.3, -0.25) is 4.79 Å². The summed E-state index contributed by atoms with van der Waals surface area (Å²) in [5.41, 5.74) is 0.882. The zero-order valence-electron chi connectivity index (χ0n) is 12.0. The van der Waals surface area contributed by atoms with Crippen molar-refractivity contribution >= 4 is 5.91 Å². The van der Waals surface area contributed by atoms with Crippen LogP contribution in [0.2, 0.25) is 0 Å². The molecule has 0 spiro atoms. The van der Waals surface area contributed by atoms with Gasteiger partial charge in [0.25, 0.3) is 5.91 Å². The molecule has 1 aromatic heterocycles. The fraction of sp³-hybridized carbons (Fsp3) is 0.500. The van der Waals surface area contributed by atoms with Crippen molar-refractivity contribution < 1.29 is 14.6 Å². The third kappa shape index (κ3) is 5.54. The number of aromatic nitrogens is 1. The van der Waals surface area contributed by atoms with Gasteiger partial charge in [-0.15, -0.1) is 0 Å². The van der Waals surface area contributed by atoms with Crippen molar-refractivity contribution in [3.8, 4) is 11.8 Å². The second-order valence-electron chi connectivity index (χ2n) is 4.95. The van der Waals surface area contributed by atoms with Gasteiger partial charge in [0.1, 0.15) is 5.69 Å². The summed E-state index contributed by atoms with van der Waals surface area (Å²) in [4.78, 5) is 16.1. The van der Waals surface area contributed by atoms with Crippen LogP contribution in [0, 0.1) is 17.8 Å². The molecule has 1 aromatic rings. The molecular formula is C16H20N2O3. The van der Waals surface area contributed by atoms with E-state index in [1.807, 2.05) is 0 Å². The molecule has 0 saturated heterocycles. The molecule has 0 bridgehead atoms. The lowest BCUT2D eigenvalue weighted by Gasteiger charge is -2.06. The maximum absolute atomic E-state index is 12.1. The summed E-state index contributed by atoms with van der Waals surface area (Å²) in [5.74, 6) is 6.13. The molecule has 2 rings (SSSR count). The highest BCUT2D eigenvalue weighted by atomic mass is 16.5. The molecule has 0 aromatic carbocycles. The van der Waals surface area contributed by atoms with E-state index in [9.17, 15) is 4.79 Å². The molecule has 0 unspecified atom stereocenters. The highest BCUT2D eigenvalue weighted by molar-refractivity contribution is 5.94. The van der Waals surface area contributed by atoms with Crippen LogP contribution in [0.25, 0.3) is 0 Å². The first kappa shape index (κ1) is 15.5. The number of aliphatic hydroxyl groups excluding tert-OH is 1. The summed E-state index contributed by atoms with van der Waals surface area (Å²) in [6.45, 7) is 1.77. The minimum Gasteiger partial charge on any atom is -0.395 e. The van der Waals surface area contributed by atoms with Crippen molar-refractivity contribution in [2.45, 2.75) is 19.3 Å². The van der Waals surface area contributed by atoms with E-state index < -0.39 is 0 Å². The topological polar surface area (TPSA) is 71.5 Å². The van der Waals surface area contributed by atoms with Crippen LogP contribution in [0.5, 0.6) is 0 Å². The van der Waals surface area contributed by atoms with E-state index in [4.69, 9.17) is 9.84 Å². The average Bonchev–Trinajstić information content (AvgIpc) is 3.32. The molecule has 0 radical (unpaired) electrons. The molecule has 1 amide bonds. The predicted octanol–water partition coefficient (Wildman–Crippen LogP) is 0.972. The standard InChI is InChI=1S/C16H20N2O3/c19-10-2-1-4-14-5-3-8-17-15(14)16(20)18-9-11-21-12-13-6-7-13/h3,5,8,13,19H,2,6-7,9-12H2,(H,18,20). The van der Waals surface area contributed by atoms with E-state index in [1.54, 1.807) is 18.3 Å². The summed E-state index contributed by atoms with van der Waals surface area (Å²) in [7, 11) is 0. The molecule has 5 heteroatoms. The van der Waals surface area contributed by atoms with Gasteiger partial charge in [-0.2, -0.15) is 0 Å². The lowest BCUT2D eigenvalue weighted by molar-refractivity contribution is 0.0901. The second-order valence-corrected chi connectivity index (χ2v) is 4.95. The molecule has 1 saturated carbocycles. The van der Waals surface area contributed by atoms with Crippen molar-refractivity contribution in [3.05, 3.63) is 29.6 Å². The number of carbonyl (C=O) groups is 1. The first-order valence-electron chi connectivity index (χ1n) is 7.22. The Balaban J connectivity index is 1.81. The van der Waals surface area contributed by atoms with Gasteiger partial charge in [-0.1, -0.05) is 11.8 Å². The van der Waals surface area contributed by atoms with Crippen molar-refractivity contribution in [1.82, 2.24) is 10.3 Å². The maximum Gasteiger partial charge on any atom is 0.271 e. The Hall–Kier alpha value is -1.90. The Kier molecular flexibility index (Phi) is 6.20. The molecule has 1 fully saturated rings. The van der Waals surface area contributed by atoms with Crippen molar-refractivity contribution in [1.29, 1.82) is 0 Å². The van der Waals surface area contributed by atoms with Crippen LogP contribution in [0.3, 0.4) is 0 Å². The number of aliphatic hydroxyl groups is 1. The molecule has 1 aliphatic rings. The van der Waals surface area contributed by atoms with Gasteiger partial charge in [-0.25, -0.2) is 4.98 Å². The fourth-order valence-electron chi connectivity index (χ4n) is 1.76. The summed E-state index contributed by atoms with van der Waals surface area (Å²) >= 11 is 0. The maximum atomic E-state index is 12.1. The quantitative estimate of drug-likeness (QED) is 0.579. The van der Waals surface area contributed by atoms with E-state index in [1.165, 1.54) is 12.8 Å². The molecule has 21 heavy (non-hydrogen) atoms. The van der Waals surface area contributed by atoms with E-state index in [0.717, 1.165) is 12.5 Å². The number of amides is 1. The zero-order valence-corrected chi connectivity index (χ0v) is 12.0. The van der Waals surface area contributed by atoms with Crippen LogP contribution < -0.4 is 5.32 Å². The Morgan fingerprint density at radius 2 is 2.38 bits per heavy atom. The number of ether oxygens (including phenoxy) is 1. The summed E-state index contributed by atoms with van der Waals surface area (Å²) in [6.07, 6.45) is 4.47. The number of pyridine rings is 1. The first-order valence-corrected chi connectivity index (χ1v) is 7.22. The van der Waals surface area contributed by atoms with Gasteiger partial charge in [0.15, 0.2) is 0 Å². The van der Waals surface area contributed by atoms with Gasteiger partial charge in [-0.05, 0) is 30.9 Å². The van der Waals surface area contributed by atoms with Crippen LogP contribution in [-0.2, 0) is 4.74 Å². The van der Waals surface area contributed by atoms with Gasteiger partial charge >= 0.3 is 0 Å². The van der Waals surface area contributed by atoms with Gasteiger partial charge in [0.2, 0.25) is 0 Å². The van der Waals surface area contributed by atoms with E-state index in [2.05, 4.69) is 22.1 Å². The molecular weight excluding hydrogens is 268 g/mol. The average molecular weight is 288 g/mol. The molecule has 0 atom stereocenters. The molecule has 0 aliphatic heterocycles. The van der Waals surface area contributed by atoms with Crippen LogP contribution in [-0.4, -0.2) is 42.4 Å². The van der Waals surface area contributed by atoms with Gasteiger partial charge < -0.3 is 15.2 Å². The van der Waals surface area contributed by atoms with Crippen LogP contribution in [0.15, 0.2) is 18.3 Å². The number of hydrogen-bond acceptors (Lipinski definition) is 4. The number of nitrogens with one attached hydrogen (secondary N) is 1. The van der Waals surface area contributed by atoms with E-state index >= 15 is 0 Å². The molecule has 1 heterocycles. The molecule has 2 N–H and O–H groups in total. The van der Waals surface area contributed by atoms with Crippen molar-refractivity contribution in [2.24, 2.45) is 5.92 Å². The largest absolute Gasteiger partial charge is 0.395 e. The SMILES string of the molecule is O=C(NCCOCC1CC1)c1ncccc1C#CCCO. The van der Waals surface area contributed by atoms with Gasteiger partial charge in [0.05, 0.1) is 18.8 Å². The lowest BCUT2D eigenvalue weighted by atomic mass is 10.2. The Morgan fingerprint density at radius 3 is 3.14 bits per heavy atom. The third-order valence-corrected chi connectivity index (χ3v) is 3.07. The Morgan fingerprint density at radius 1 is 1.52 bits per heavy atom. The summed E-state index contributed by atoms with van der Waals surface area (Å²) < 4.78 is 5.46. The number of rotatable bonds is 7. The first-order chi connectivity index (χ1) is 10.3. The van der Waals surface area contributed by atoms with E-state index in [0.29, 0.717) is 30.8 Å². The number of nitrogens with zero attached hydrogens (tertiary/aromatic N) is 1. The number of hydrogen-bond donors (Lipinski definition) is 2.